The number of aryl methyl sites for hydroxylation is 1. The molecular weight excluding hydrogens is 455 g/mol. The molecule has 0 aliphatic rings. The topological polar surface area (TPSA) is 114 Å². The SMILES string of the molecule is COc1c(Cl)c(OC)c(-c2noc(C)c2-c2ccc(S(N)(=O)=O)cc2)c(OC)c1Cl. The summed E-state index contributed by atoms with van der Waals surface area (Å²) < 4.78 is 44.8. The molecule has 0 saturated carbocycles. The van der Waals surface area contributed by atoms with Gasteiger partial charge in [-0.25, -0.2) is 13.6 Å². The van der Waals surface area contributed by atoms with Crippen LogP contribution in [0.2, 0.25) is 10.0 Å². The molecule has 160 valence electrons. The first-order valence-electron chi connectivity index (χ1n) is 8.42. The van der Waals surface area contributed by atoms with Crippen LogP contribution in [-0.4, -0.2) is 34.9 Å². The molecule has 2 aromatic carbocycles. The minimum absolute atomic E-state index is 0.0207. The molecule has 0 unspecified atom stereocenters. The highest BCUT2D eigenvalue weighted by molar-refractivity contribution is 7.89. The summed E-state index contributed by atoms with van der Waals surface area (Å²) in [5, 5.41) is 9.60. The van der Waals surface area contributed by atoms with E-state index < -0.39 is 10.0 Å². The second-order valence-electron chi connectivity index (χ2n) is 6.13. The molecule has 0 bridgehead atoms. The highest BCUT2D eigenvalue weighted by atomic mass is 35.5. The van der Waals surface area contributed by atoms with Gasteiger partial charge in [-0.05, 0) is 24.6 Å². The zero-order valence-electron chi connectivity index (χ0n) is 16.4. The quantitative estimate of drug-likeness (QED) is 0.568. The number of nitrogens with zero attached hydrogens (tertiary/aromatic N) is 1. The minimum Gasteiger partial charge on any atom is -0.494 e. The van der Waals surface area contributed by atoms with Crippen LogP contribution in [0.4, 0.5) is 0 Å². The van der Waals surface area contributed by atoms with E-state index in [1.54, 1.807) is 19.1 Å². The van der Waals surface area contributed by atoms with Gasteiger partial charge in [0.15, 0.2) is 17.2 Å². The predicted molar refractivity (Wildman–Crippen MR) is 113 cm³/mol. The van der Waals surface area contributed by atoms with Gasteiger partial charge < -0.3 is 18.7 Å². The van der Waals surface area contributed by atoms with Crippen LogP contribution in [-0.2, 0) is 10.0 Å². The second-order valence-corrected chi connectivity index (χ2v) is 8.45. The fourth-order valence-corrected chi connectivity index (χ4v) is 4.35. The lowest BCUT2D eigenvalue weighted by molar-refractivity contribution is 0.375. The van der Waals surface area contributed by atoms with Gasteiger partial charge in [-0.1, -0.05) is 40.5 Å². The number of ether oxygens (including phenoxy) is 3. The molecule has 1 heterocycles. The van der Waals surface area contributed by atoms with E-state index in [-0.39, 0.29) is 32.2 Å². The Labute approximate surface area is 183 Å². The number of halogens is 2. The first-order chi connectivity index (χ1) is 14.1. The Kier molecular flexibility index (Phi) is 6.19. The Morgan fingerprint density at radius 2 is 1.40 bits per heavy atom. The maximum absolute atomic E-state index is 11.6. The third kappa shape index (κ3) is 3.69. The number of sulfonamides is 1. The van der Waals surface area contributed by atoms with Crippen molar-refractivity contribution in [1.29, 1.82) is 0 Å². The molecule has 0 aliphatic heterocycles. The van der Waals surface area contributed by atoms with Gasteiger partial charge in [-0.3, -0.25) is 0 Å². The number of methoxy groups -OCH3 is 3. The summed E-state index contributed by atoms with van der Waals surface area (Å²) in [4.78, 5) is -0.0207. The molecule has 0 atom stereocenters. The van der Waals surface area contributed by atoms with Crippen LogP contribution in [0, 0.1) is 6.92 Å². The molecule has 0 saturated heterocycles. The van der Waals surface area contributed by atoms with Crippen molar-refractivity contribution in [3.8, 4) is 39.6 Å². The van der Waals surface area contributed by atoms with E-state index in [1.165, 1.54) is 33.5 Å². The van der Waals surface area contributed by atoms with E-state index in [0.717, 1.165) is 0 Å². The summed E-state index contributed by atoms with van der Waals surface area (Å²) in [5.41, 5.74) is 1.90. The Balaban J connectivity index is 2.32. The number of hydrogen-bond donors (Lipinski definition) is 1. The average Bonchev–Trinajstić information content (AvgIpc) is 3.08. The molecule has 11 heteroatoms. The van der Waals surface area contributed by atoms with Crippen LogP contribution in [0.15, 0.2) is 33.7 Å². The maximum atomic E-state index is 11.6. The van der Waals surface area contributed by atoms with E-state index in [4.69, 9.17) is 47.1 Å². The monoisotopic (exact) mass is 472 g/mol. The van der Waals surface area contributed by atoms with Gasteiger partial charge in [0.1, 0.15) is 21.5 Å². The van der Waals surface area contributed by atoms with E-state index >= 15 is 0 Å². The Morgan fingerprint density at radius 1 is 0.900 bits per heavy atom. The molecule has 1 aromatic heterocycles. The summed E-state index contributed by atoms with van der Waals surface area (Å²) in [6, 6.07) is 5.97. The summed E-state index contributed by atoms with van der Waals surface area (Å²) in [5.74, 6) is 1.12. The van der Waals surface area contributed by atoms with Gasteiger partial charge in [0.05, 0.1) is 37.4 Å². The molecular formula is C19H18Cl2N2O6S. The fourth-order valence-electron chi connectivity index (χ4n) is 3.10. The van der Waals surface area contributed by atoms with Gasteiger partial charge in [0.25, 0.3) is 0 Å². The number of benzene rings is 2. The first kappa shape index (κ1) is 22.2. The van der Waals surface area contributed by atoms with Gasteiger partial charge in [-0.2, -0.15) is 0 Å². The van der Waals surface area contributed by atoms with Crippen molar-refractivity contribution >= 4 is 33.2 Å². The summed E-state index contributed by atoms with van der Waals surface area (Å²) in [7, 11) is 0.463. The van der Waals surface area contributed by atoms with E-state index in [9.17, 15) is 8.42 Å². The largest absolute Gasteiger partial charge is 0.494 e. The van der Waals surface area contributed by atoms with Crippen LogP contribution in [0.5, 0.6) is 17.2 Å². The normalized spacial score (nSPS) is 11.4. The van der Waals surface area contributed by atoms with Gasteiger partial charge in [0.2, 0.25) is 10.0 Å². The van der Waals surface area contributed by atoms with Crippen molar-refractivity contribution in [3.63, 3.8) is 0 Å². The van der Waals surface area contributed by atoms with Gasteiger partial charge in [-0.15, -0.1) is 0 Å². The molecule has 0 radical (unpaired) electrons. The third-order valence-corrected chi connectivity index (χ3v) is 6.05. The molecule has 0 fully saturated rings. The average molecular weight is 473 g/mol. The minimum atomic E-state index is -3.83. The van der Waals surface area contributed by atoms with Crippen LogP contribution in [0.25, 0.3) is 22.4 Å². The van der Waals surface area contributed by atoms with Crippen LogP contribution in [0.3, 0.4) is 0 Å². The molecule has 3 aromatic rings. The smallest absolute Gasteiger partial charge is 0.238 e. The van der Waals surface area contributed by atoms with Crippen LogP contribution in [0.1, 0.15) is 5.76 Å². The maximum Gasteiger partial charge on any atom is 0.238 e. The van der Waals surface area contributed by atoms with E-state index in [0.29, 0.717) is 28.1 Å². The van der Waals surface area contributed by atoms with Crippen molar-refractivity contribution in [1.82, 2.24) is 5.16 Å². The van der Waals surface area contributed by atoms with E-state index in [2.05, 4.69) is 5.16 Å². The van der Waals surface area contributed by atoms with Gasteiger partial charge >= 0.3 is 0 Å². The van der Waals surface area contributed by atoms with Crippen molar-refractivity contribution in [3.05, 3.63) is 40.1 Å². The number of rotatable bonds is 6. The molecule has 0 spiro atoms. The van der Waals surface area contributed by atoms with E-state index in [1.807, 2.05) is 0 Å². The highest BCUT2D eigenvalue weighted by Crippen LogP contribution is 2.54. The van der Waals surface area contributed by atoms with Crippen LogP contribution >= 0.6 is 23.2 Å². The van der Waals surface area contributed by atoms with Crippen molar-refractivity contribution in [2.45, 2.75) is 11.8 Å². The summed E-state index contributed by atoms with van der Waals surface area (Å²) >= 11 is 12.9. The first-order valence-corrected chi connectivity index (χ1v) is 10.7. The molecule has 30 heavy (non-hydrogen) atoms. The second kappa shape index (κ2) is 8.35. The lowest BCUT2D eigenvalue weighted by atomic mass is 9.98. The summed E-state index contributed by atoms with van der Waals surface area (Å²) in [6.07, 6.45) is 0. The third-order valence-electron chi connectivity index (χ3n) is 4.43. The molecule has 0 aliphatic carbocycles. The standard InChI is InChI=1S/C19H18Cl2N2O6S/c1-9-12(10-5-7-11(8-6-10)30(22,24)25)16(23-29-9)13-17(26-2)14(20)19(28-4)15(21)18(13)27-3/h5-8H,1-4H3,(H2,22,24,25). The molecule has 0 amide bonds. The Hall–Kier alpha value is -2.46. The zero-order valence-corrected chi connectivity index (χ0v) is 18.8. The summed E-state index contributed by atoms with van der Waals surface area (Å²) in [6.45, 7) is 1.71. The number of hydrogen-bond acceptors (Lipinski definition) is 7. The number of primary sulfonamides is 1. The van der Waals surface area contributed by atoms with Crippen molar-refractivity contribution in [2.24, 2.45) is 5.14 Å². The number of aromatic nitrogens is 1. The number of nitrogens with two attached hydrogens (primary N) is 1. The highest BCUT2D eigenvalue weighted by Gasteiger charge is 2.30. The van der Waals surface area contributed by atoms with Crippen molar-refractivity contribution in [2.75, 3.05) is 21.3 Å². The molecule has 8 nitrogen and oxygen atoms in total. The fraction of sp³-hybridized carbons (Fsp3) is 0.211. The lowest BCUT2D eigenvalue weighted by Crippen LogP contribution is -2.11. The lowest BCUT2D eigenvalue weighted by Gasteiger charge is -2.18. The van der Waals surface area contributed by atoms with Gasteiger partial charge in [0, 0.05) is 0 Å². The van der Waals surface area contributed by atoms with Crippen molar-refractivity contribution < 1.29 is 27.2 Å². The zero-order chi connectivity index (χ0) is 22.2. The Morgan fingerprint density at radius 3 is 1.83 bits per heavy atom. The molecule has 3 rings (SSSR count). The molecule has 2 N–H and O–H groups in total. The predicted octanol–water partition coefficient (Wildman–Crippen LogP) is 4.30. The Bertz CT molecular complexity index is 1180. The van der Waals surface area contributed by atoms with Crippen LogP contribution < -0.4 is 19.3 Å².